The second kappa shape index (κ2) is 4.49. The molecule has 86 valence electrons. The summed E-state index contributed by atoms with van der Waals surface area (Å²) in [6, 6.07) is 0. The highest BCUT2D eigenvalue weighted by Gasteiger charge is 2.28. The van der Waals surface area contributed by atoms with Gasteiger partial charge in [0.2, 0.25) is 0 Å². The van der Waals surface area contributed by atoms with Crippen molar-refractivity contribution in [2.75, 3.05) is 0 Å². The van der Waals surface area contributed by atoms with Gasteiger partial charge in [-0.25, -0.2) is 0 Å². The first-order chi connectivity index (χ1) is 6.86. The topological polar surface area (TPSA) is 54.4 Å². The molecule has 1 aliphatic carbocycles. The van der Waals surface area contributed by atoms with Crippen LogP contribution in [0.3, 0.4) is 0 Å². The molecular weight excluding hydrogens is 212 g/mol. The number of hydrogen-bond acceptors (Lipinski definition) is 2. The van der Waals surface area contributed by atoms with Crippen molar-refractivity contribution >= 4 is 10.1 Å². The summed E-state index contributed by atoms with van der Waals surface area (Å²) in [6.07, 6.45) is 6.36. The van der Waals surface area contributed by atoms with Crippen LogP contribution in [0.25, 0.3) is 0 Å². The molecule has 0 spiro atoms. The quantitative estimate of drug-likeness (QED) is 0.757. The third-order valence-corrected chi connectivity index (χ3v) is 4.25. The summed E-state index contributed by atoms with van der Waals surface area (Å²) in [7, 11) is -3.96. The second-order valence-corrected chi connectivity index (χ2v) is 5.75. The minimum atomic E-state index is -3.96. The van der Waals surface area contributed by atoms with Gasteiger partial charge in [0.05, 0.1) is 0 Å². The van der Waals surface area contributed by atoms with E-state index in [1.54, 1.807) is 6.08 Å². The standard InChI is InChI=1S/C11H18O3S/c1-4-8(2)10-5-6-11(9(3)7-10)15(12,13)14/h5-9,11H,4H2,1-3H3,(H,12,13,14). The van der Waals surface area contributed by atoms with Crippen LogP contribution in [0.2, 0.25) is 0 Å². The Hall–Kier alpha value is -0.610. The lowest BCUT2D eigenvalue weighted by atomic mass is 9.89. The molecule has 3 nitrogen and oxygen atoms in total. The van der Waals surface area contributed by atoms with Crippen LogP contribution in [-0.4, -0.2) is 18.2 Å². The summed E-state index contributed by atoms with van der Waals surface area (Å²) in [6.45, 7) is 6.01. The van der Waals surface area contributed by atoms with E-state index in [2.05, 4.69) is 13.8 Å². The van der Waals surface area contributed by atoms with Gasteiger partial charge in [0.15, 0.2) is 0 Å². The van der Waals surface area contributed by atoms with Gasteiger partial charge >= 0.3 is 0 Å². The zero-order valence-corrected chi connectivity index (χ0v) is 10.2. The molecule has 1 rings (SSSR count). The molecule has 0 fully saturated rings. The summed E-state index contributed by atoms with van der Waals surface area (Å²) in [5, 5.41) is -0.787. The van der Waals surface area contributed by atoms with Gasteiger partial charge in [-0.2, -0.15) is 8.42 Å². The van der Waals surface area contributed by atoms with Crippen molar-refractivity contribution < 1.29 is 13.0 Å². The molecule has 0 aromatic heterocycles. The molecular formula is C11H18O3S. The van der Waals surface area contributed by atoms with Crippen LogP contribution in [-0.2, 0) is 10.1 Å². The summed E-state index contributed by atoms with van der Waals surface area (Å²) >= 11 is 0. The van der Waals surface area contributed by atoms with Crippen molar-refractivity contribution in [3.8, 4) is 0 Å². The second-order valence-electron chi connectivity index (χ2n) is 4.17. The van der Waals surface area contributed by atoms with E-state index in [1.807, 2.05) is 19.1 Å². The average Bonchev–Trinajstić information content (AvgIpc) is 2.14. The van der Waals surface area contributed by atoms with Gasteiger partial charge in [0, 0.05) is 0 Å². The number of rotatable bonds is 3. The lowest BCUT2D eigenvalue weighted by molar-refractivity contribution is 0.462. The maximum absolute atomic E-state index is 11.0. The van der Waals surface area contributed by atoms with Crippen molar-refractivity contribution in [2.45, 2.75) is 32.4 Å². The van der Waals surface area contributed by atoms with E-state index < -0.39 is 15.4 Å². The molecule has 0 aromatic carbocycles. The summed E-state index contributed by atoms with van der Waals surface area (Å²) in [5.74, 6) is 0.278. The van der Waals surface area contributed by atoms with E-state index in [0.717, 1.165) is 12.0 Å². The maximum atomic E-state index is 11.0. The molecule has 0 saturated carbocycles. The van der Waals surface area contributed by atoms with E-state index >= 15 is 0 Å². The molecule has 4 heteroatoms. The smallest absolute Gasteiger partial charge is 0.271 e. The minimum Gasteiger partial charge on any atom is -0.285 e. The van der Waals surface area contributed by atoms with Gasteiger partial charge in [-0.05, 0) is 23.8 Å². The molecule has 1 aliphatic rings. The molecule has 15 heavy (non-hydrogen) atoms. The first kappa shape index (κ1) is 12.5. The molecule has 0 bridgehead atoms. The van der Waals surface area contributed by atoms with Gasteiger partial charge < -0.3 is 0 Å². The van der Waals surface area contributed by atoms with Crippen molar-refractivity contribution in [1.82, 2.24) is 0 Å². The van der Waals surface area contributed by atoms with Crippen molar-refractivity contribution in [3.05, 3.63) is 23.8 Å². The van der Waals surface area contributed by atoms with Gasteiger partial charge in [-0.1, -0.05) is 39.0 Å². The highest BCUT2D eigenvalue weighted by atomic mass is 32.2. The van der Waals surface area contributed by atoms with E-state index in [0.29, 0.717) is 5.92 Å². The van der Waals surface area contributed by atoms with Crippen LogP contribution < -0.4 is 0 Å². The van der Waals surface area contributed by atoms with Crippen LogP contribution in [0, 0.1) is 11.8 Å². The fraction of sp³-hybridized carbons (Fsp3) is 0.636. The maximum Gasteiger partial charge on any atom is 0.271 e. The fourth-order valence-electron chi connectivity index (χ4n) is 1.77. The minimum absolute atomic E-state index is 0.158. The lowest BCUT2D eigenvalue weighted by Gasteiger charge is -2.22. The molecule has 0 amide bonds. The predicted molar refractivity (Wildman–Crippen MR) is 61.2 cm³/mol. The Morgan fingerprint density at radius 3 is 2.53 bits per heavy atom. The van der Waals surface area contributed by atoms with Crippen LogP contribution >= 0.6 is 0 Å². The van der Waals surface area contributed by atoms with Gasteiger partial charge in [0.1, 0.15) is 5.25 Å². The largest absolute Gasteiger partial charge is 0.285 e. The van der Waals surface area contributed by atoms with Gasteiger partial charge in [-0.15, -0.1) is 0 Å². The fourth-order valence-corrected chi connectivity index (χ4v) is 2.67. The third kappa shape index (κ3) is 2.92. The molecule has 0 heterocycles. The summed E-state index contributed by atoms with van der Waals surface area (Å²) in [4.78, 5) is 0. The Labute approximate surface area is 91.6 Å². The molecule has 0 aliphatic heterocycles. The van der Waals surface area contributed by atoms with Crippen LogP contribution in [0.15, 0.2) is 23.8 Å². The lowest BCUT2D eigenvalue weighted by Crippen LogP contribution is -2.27. The summed E-state index contributed by atoms with van der Waals surface area (Å²) < 4.78 is 31.0. The molecule has 0 saturated heterocycles. The molecule has 3 atom stereocenters. The Kier molecular flexibility index (Phi) is 3.73. The Morgan fingerprint density at radius 1 is 1.53 bits per heavy atom. The van der Waals surface area contributed by atoms with Gasteiger partial charge in [0.25, 0.3) is 10.1 Å². The normalized spacial score (nSPS) is 28.7. The van der Waals surface area contributed by atoms with E-state index in [-0.39, 0.29) is 5.92 Å². The Balaban J connectivity index is 2.89. The van der Waals surface area contributed by atoms with E-state index in [9.17, 15) is 8.42 Å². The predicted octanol–water partition coefficient (Wildman–Crippen LogP) is 2.42. The number of allylic oxidation sites excluding steroid dienone is 3. The van der Waals surface area contributed by atoms with Crippen LogP contribution in [0.1, 0.15) is 27.2 Å². The zero-order chi connectivity index (χ0) is 11.6. The van der Waals surface area contributed by atoms with E-state index in [1.165, 1.54) is 0 Å². The van der Waals surface area contributed by atoms with Crippen molar-refractivity contribution in [1.29, 1.82) is 0 Å². The van der Waals surface area contributed by atoms with Crippen LogP contribution in [0.5, 0.6) is 0 Å². The highest BCUT2D eigenvalue weighted by Crippen LogP contribution is 2.27. The Bertz CT molecular complexity index is 379. The molecule has 1 N–H and O–H groups in total. The van der Waals surface area contributed by atoms with Crippen molar-refractivity contribution in [3.63, 3.8) is 0 Å². The number of hydrogen-bond donors (Lipinski definition) is 1. The molecule has 3 unspecified atom stereocenters. The summed E-state index contributed by atoms with van der Waals surface area (Å²) in [5.41, 5.74) is 1.16. The zero-order valence-electron chi connectivity index (χ0n) is 9.34. The monoisotopic (exact) mass is 230 g/mol. The van der Waals surface area contributed by atoms with Crippen molar-refractivity contribution in [2.24, 2.45) is 11.8 Å². The van der Waals surface area contributed by atoms with Crippen LogP contribution in [0.4, 0.5) is 0 Å². The highest BCUT2D eigenvalue weighted by molar-refractivity contribution is 7.86. The molecule has 0 radical (unpaired) electrons. The third-order valence-electron chi connectivity index (χ3n) is 2.98. The van der Waals surface area contributed by atoms with E-state index in [4.69, 9.17) is 4.55 Å². The SMILES string of the molecule is CCC(C)C1=CC(C)C(S(=O)(=O)O)C=C1. The Morgan fingerprint density at radius 2 is 2.13 bits per heavy atom. The first-order valence-electron chi connectivity index (χ1n) is 5.22. The van der Waals surface area contributed by atoms with Gasteiger partial charge in [-0.3, -0.25) is 4.55 Å². The first-order valence-corrected chi connectivity index (χ1v) is 6.72. The average molecular weight is 230 g/mol. The molecule has 0 aromatic rings.